The summed E-state index contributed by atoms with van der Waals surface area (Å²) in [5.74, 6) is 0. The largest absolute Gasteiger partial charge is 0.291 e. The van der Waals surface area contributed by atoms with Gasteiger partial charge in [-0.15, -0.1) is 0 Å². The van der Waals surface area contributed by atoms with Crippen LogP contribution in [-0.4, -0.2) is 30.1 Å². The van der Waals surface area contributed by atoms with Crippen molar-refractivity contribution >= 4 is 17.2 Å². The molecule has 0 bridgehead atoms. The number of nitrogens with zero attached hydrogens (tertiary/aromatic N) is 5. The van der Waals surface area contributed by atoms with Crippen molar-refractivity contribution in [2.24, 2.45) is 7.05 Å². The molecule has 0 aliphatic heterocycles. The fourth-order valence-corrected chi connectivity index (χ4v) is 3.41. The summed E-state index contributed by atoms with van der Waals surface area (Å²) in [6.07, 6.45) is 7.93. The van der Waals surface area contributed by atoms with Crippen molar-refractivity contribution in [3.05, 3.63) is 62.9 Å². The smallest absolute Gasteiger partial charge is 0.263 e. The standard InChI is InChI=1S/C18H20ClN5O/c1-12-4-3-7-24-17(12)21-16(19)15(18(24)25)11-23(14-5-6-14)10-13-8-20-22(2)9-13/h3-4,7-9,14H,5-6,10-11H2,1-2H3. The lowest BCUT2D eigenvalue weighted by Gasteiger charge is -2.21. The fraction of sp³-hybridized carbons (Fsp3) is 0.389. The number of hydrogen-bond donors (Lipinski definition) is 0. The van der Waals surface area contributed by atoms with Crippen LogP contribution in [0.2, 0.25) is 5.15 Å². The number of hydrogen-bond acceptors (Lipinski definition) is 4. The number of pyridine rings is 1. The summed E-state index contributed by atoms with van der Waals surface area (Å²) in [4.78, 5) is 19.7. The van der Waals surface area contributed by atoms with Crippen molar-refractivity contribution in [1.29, 1.82) is 0 Å². The van der Waals surface area contributed by atoms with Crippen molar-refractivity contribution in [3.8, 4) is 0 Å². The number of fused-ring (bicyclic) bond motifs is 1. The Hall–Kier alpha value is -2.18. The van der Waals surface area contributed by atoms with E-state index in [-0.39, 0.29) is 5.56 Å². The molecular weight excluding hydrogens is 338 g/mol. The molecule has 3 heterocycles. The third-order valence-electron chi connectivity index (χ3n) is 4.66. The molecule has 3 aromatic heterocycles. The first-order valence-corrected chi connectivity index (χ1v) is 8.78. The molecule has 1 saturated carbocycles. The number of aromatic nitrogens is 4. The molecule has 130 valence electrons. The van der Waals surface area contributed by atoms with Crippen LogP contribution in [0.1, 0.15) is 29.5 Å². The molecule has 0 saturated heterocycles. The van der Waals surface area contributed by atoms with Crippen molar-refractivity contribution in [2.75, 3.05) is 0 Å². The molecule has 1 aliphatic rings. The molecule has 0 N–H and O–H groups in total. The zero-order valence-corrected chi connectivity index (χ0v) is 15.1. The SMILES string of the molecule is Cc1cccn2c(=O)c(CN(Cc3cnn(C)c3)C3CC3)c(Cl)nc12. The van der Waals surface area contributed by atoms with Gasteiger partial charge in [0.1, 0.15) is 10.8 Å². The van der Waals surface area contributed by atoms with E-state index in [4.69, 9.17) is 11.6 Å². The maximum Gasteiger partial charge on any atom is 0.263 e. The highest BCUT2D eigenvalue weighted by Gasteiger charge is 2.30. The van der Waals surface area contributed by atoms with Crippen molar-refractivity contribution in [3.63, 3.8) is 0 Å². The van der Waals surface area contributed by atoms with Crippen LogP contribution in [0.4, 0.5) is 0 Å². The molecule has 6 nitrogen and oxygen atoms in total. The average Bonchev–Trinajstić information content (AvgIpc) is 3.34. The highest BCUT2D eigenvalue weighted by atomic mass is 35.5. The Kier molecular flexibility index (Phi) is 4.09. The molecule has 1 aliphatic carbocycles. The Morgan fingerprint density at radius 2 is 2.16 bits per heavy atom. The van der Waals surface area contributed by atoms with Crippen LogP contribution in [-0.2, 0) is 20.1 Å². The van der Waals surface area contributed by atoms with E-state index in [0.717, 1.165) is 30.5 Å². The molecule has 4 rings (SSSR count). The van der Waals surface area contributed by atoms with E-state index in [1.165, 1.54) is 0 Å². The quantitative estimate of drug-likeness (QED) is 0.658. The van der Waals surface area contributed by atoms with Gasteiger partial charge in [0.05, 0.1) is 11.8 Å². The van der Waals surface area contributed by atoms with Gasteiger partial charge in [-0.25, -0.2) is 4.98 Å². The zero-order valence-electron chi connectivity index (χ0n) is 14.3. The van der Waals surface area contributed by atoms with Crippen LogP contribution in [0.15, 0.2) is 35.5 Å². The van der Waals surface area contributed by atoms with E-state index in [1.54, 1.807) is 15.3 Å². The summed E-state index contributed by atoms with van der Waals surface area (Å²) in [5, 5.41) is 4.53. The van der Waals surface area contributed by atoms with Crippen LogP contribution in [0.5, 0.6) is 0 Å². The number of halogens is 1. The number of rotatable bonds is 5. The first-order chi connectivity index (χ1) is 12.0. The van der Waals surface area contributed by atoms with Gasteiger partial charge < -0.3 is 0 Å². The predicted molar refractivity (Wildman–Crippen MR) is 96.7 cm³/mol. The second-order valence-electron chi connectivity index (χ2n) is 6.73. The van der Waals surface area contributed by atoms with Gasteiger partial charge in [0.15, 0.2) is 0 Å². The van der Waals surface area contributed by atoms with Gasteiger partial charge in [0.25, 0.3) is 5.56 Å². The highest BCUT2D eigenvalue weighted by Crippen LogP contribution is 2.30. The Balaban J connectivity index is 1.69. The maximum absolute atomic E-state index is 12.9. The monoisotopic (exact) mass is 357 g/mol. The lowest BCUT2D eigenvalue weighted by atomic mass is 10.2. The summed E-state index contributed by atoms with van der Waals surface area (Å²) in [6.45, 7) is 3.18. The molecule has 0 amide bonds. The second kappa shape index (κ2) is 6.28. The molecule has 25 heavy (non-hydrogen) atoms. The highest BCUT2D eigenvalue weighted by molar-refractivity contribution is 6.30. The van der Waals surface area contributed by atoms with Gasteiger partial charge in [-0.1, -0.05) is 17.7 Å². The molecule has 7 heteroatoms. The minimum Gasteiger partial charge on any atom is -0.291 e. The predicted octanol–water partition coefficient (Wildman–Crippen LogP) is 2.55. The van der Waals surface area contributed by atoms with E-state index in [1.807, 2.05) is 38.5 Å². The van der Waals surface area contributed by atoms with Crippen molar-refractivity contribution in [2.45, 2.75) is 38.9 Å². The normalized spacial score (nSPS) is 14.6. The van der Waals surface area contributed by atoms with Gasteiger partial charge in [-0.2, -0.15) is 5.10 Å². The Bertz CT molecular complexity index is 989. The van der Waals surface area contributed by atoms with Crippen molar-refractivity contribution in [1.82, 2.24) is 24.1 Å². The molecule has 0 unspecified atom stereocenters. The number of aryl methyl sites for hydroxylation is 2. The summed E-state index contributed by atoms with van der Waals surface area (Å²) in [6, 6.07) is 4.28. The van der Waals surface area contributed by atoms with Crippen molar-refractivity contribution < 1.29 is 0 Å². The third kappa shape index (κ3) is 3.19. The molecule has 0 spiro atoms. The van der Waals surface area contributed by atoms with Crippen LogP contribution in [0, 0.1) is 6.92 Å². The van der Waals surface area contributed by atoms with Crippen LogP contribution in [0.25, 0.3) is 5.65 Å². The molecular formula is C18H20ClN5O. The van der Waals surface area contributed by atoms with Crippen LogP contribution >= 0.6 is 11.6 Å². The van der Waals surface area contributed by atoms with E-state index in [2.05, 4.69) is 15.0 Å². The first-order valence-electron chi connectivity index (χ1n) is 8.41. The van der Waals surface area contributed by atoms with Crippen LogP contribution in [0.3, 0.4) is 0 Å². The third-order valence-corrected chi connectivity index (χ3v) is 4.97. The first kappa shape index (κ1) is 16.3. The molecule has 0 aromatic carbocycles. The van der Waals surface area contributed by atoms with Gasteiger partial charge in [-0.05, 0) is 31.4 Å². The van der Waals surface area contributed by atoms with Gasteiger partial charge in [-0.3, -0.25) is 18.8 Å². The zero-order chi connectivity index (χ0) is 17.6. The Morgan fingerprint density at radius 1 is 1.36 bits per heavy atom. The van der Waals surface area contributed by atoms with Gasteiger partial charge >= 0.3 is 0 Å². The average molecular weight is 358 g/mol. The van der Waals surface area contributed by atoms with E-state index >= 15 is 0 Å². The molecule has 1 fully saturated rings. The molecule has 0 radical (unpaired) electrons. The van der Waals surface area contributed by atoms with Crippen LogP contribution < -0.4 is 5.56 Å². The Labute approximate surface area is 150 Å². The van der Waals surface area contributed by atoms with E-state index < -0.39 is 0 Å². The fourth-order valence-electron chi connectivity index (χ4n) is 3.19. The maximum atomic E-state index is 12.9. The lowest BCUT2D eigenvalue weighted by Crippen LogP contribution is -2.30. The van der Waals surface area contributed by atoms with Gasteiger partial charge in [0, 0.05) is 44.1 Å². The summed E-state index contributed by atoms with van der Waals surface area (Å²) < 4.78 is 3.38. The summed E-state index contributed by atoms with van der Waals surface area (Å²) in [5.41, 5.74) is 3.15. The van der Waals surface area contributed by atoms with Gasteiger partial charge in [0.2, 0.25) is 0 Å². The lowest BCUT2D eigenvalue weighted by molar-refractivity contribution is 0.244. The topological polar surface area (TPSA) is 55.4 Å². The second-order valence-corrected chi connectivity index (χ2v) is 7.09. The Morgan fingerprint density at radius 3 is 2.84 bits per heavy atom. The van der Waals surface area contributed by atoms with E-state index in [0.29, 0.717) is 29.0 Å². The minimum absolute atomic E-state index is 0.0875. The molecule has 0 atom stereocenters. The minimum atomic E-state index is -0.0875. The summed E-state index contributed by atoms with van der Waals surface area (Å²) in [7, 11) is 1.91. The van der Waals surface area contributed by atoms with E-state index in [9.17, 15) is 4.79 Å². The molecule has 3 aromatic rings. The summed E-state index contributed by atoms with van der Waals surface area (Å²) >= 11 is 6.39.